The minimum absolute atomic E-state index is 0.107. The third-order valence-electron chi connectivity index (χ3n) is 3.76. The van der Waals surface area contributed by atoms with Crippen molar-refractivity contribution in [1.29, 1.82) is 0 Å². The first-order valence-corrected chi connectivity index (χ1v) is 7.36. The van der Waals surface area contributed by atoms with Gasteiger partial charge in [-0.05, 0) is 24.1 Å². The number of nitrogens with zero attached hydrogens (tertiary/aromatic N) is 3. The number of carbonyl (C=O) groups excluding carboxylic acids is 1. The third-order valence-corrected chi connectivity index (χ3v) is 3.76. The Hall–Kier alpha value is -1.46. The average Bonchev–Trinajstić information content (AvgIpc) is 2.48. The molecule has 1 aromatic heterocycles. The van der Waals surface area contributed by atoms with Crippen LogP contribution in [0.1, 0.15) is 25.3 Å². The van der Waals surface area contributed by atoms with Crippen LogP contribution in [0, 0.1) is 0 Å². The molecule has 0 aromatic carbocycles. The zero-order chi connectivity index (χ0) is 14.4. The van der Waals surface area contributed by atoms with Gasteiger partial charge in [0, 0.05) is 45.1 Å². The van der Waals surface area contributed by atoms with Crippen LogP contribution in [0.3, 0.4) is 0 Å². The van der Waals surface area contributed by atoms with E-state index in [0.717, 1.165) is 45.6 Å². The highest BCUT2D eigenvalue weighted by atomic mass is 16.2. The number of aromatic nitrogens is 1. The third kappa shape index (κ3) is 4.02. The molecule has 0 radical (unpaired) electrons. The Morgan fingerprint density at radius 2 is 1.95 bits per heavy atom. The summed E-state index contributed by atoms with van der Waals surface area (Å²) >= 11 is 0. The molecular weight excluding hydrogens is 252 g/mol. The number of amides is 1. The van der Waals surface area contributed by atoms with Gasteiger partial charge in [0.2, 0.25) is 5.91 Å². The fraction of sp³-hybridized carbons (Fsp3) is 0.600. The van der Waals surface area contributed by atoms with Crippen molar-refractivity contribution in [3.8, 4) is 0 Å². The Morgan fingerprint density at radius 3 is 2.55 bits per heavy atom. The fourth-order valence-electron chi connectivity index (χ4n) is 2.54. The predicted molar refractivity (Wildman–Crippen MR) is 79.0 cm³/mol. The number of pyridine rings is 1. The summed E-state index contributed by atoms with van der Waals surface area (Å²) in [6.45, 7) is 6.35. The maximum atomic E-state index is 12.1. The molecule has 1 amide bonds. The summed E-state index contributed by atoms with van der Waals surface area (Å²) in [7, 11) is 0. The number of hydrogen-bond donors (Lipinski definition) is 1. The van der Waals surface area contributed by atoms with Crippen molar-refractivity contribution < 1.29 is 4.79 Å². The van der Waals surface area contributed by atoms with Gasteiger partial charge in [-0.15, -0.1) is 0 Å². The van der Waals surface area contributed by atoms with E-state index in [1.54, 1.807) is 0 Å². The van der Waals surface area contributed by atoms with Crippen LogP contribution in [0.2, 0.25) is 0 Å². The summed E-state index contributed by atoms with van der Waals surface area (Å²) in [6.07, 6.45) is 5.36. The molecular formula is C15H24N4O. The average molecular weight is 276 g/mol. The van der Waals surface area contributed by atoms with Gasteiger partial charge in [-0.3, -0.25) is 14.7 Å². The Morgan fingerprint density at radius 1 is 1.30 bits per heavy atom. The van der Waals surface area contributed by atoms with Crippen molar-refractivity contribution >= 4 is 5.91 Å². The Balaban J connectivity index is 1.79. The van der Waals surface area contributed by atoms with Crippen LogP contribution >= 0.6 is 0 Å². The van der Waals surface area contributed by atoms with Crippen LogP contribution < -0.4 is 5.73 Å². The quantitative estimate of drug-likeness (QED) is 0.866. The van der Waals surface area contributed by atoms with E-state index in [1.807, 2.05) is 29.4 Å². The molecule has 0 aliphatic carbocycles. The normalized spacial score (nSPS) is 18.0. The highest BCUT2D eigenvalue weighted by molar-refractivity contribution is 5.81. The number of hydrogen-bond acceptors (Lipinski definition) is 4. The SMILES string of the molecule is CCC[C@H](N)C(=O)N1CCN(Cc2ccncc2)CC1. The van der Waals surface area contributed by atoms with Gasteiger partial charge < -0.3 is 10.6 Å². The second kappa shape index (κ2) is 7.36. The van der Waals surface area contributed by atoms with Crippen molar-refractivity contribution in [3.63, 3.8) is 0 Å². The zero-order valence-corrected chi connectivity index (χ0v) is 12.2. The molecule has 0 bridgehead atoms. The smallest absolute Gasteiger partial charge is 0.239 e. The van der Waals surface area contributed by atoms with Gasteiger partial charge in [0.05, 0.1) is 6.04 Å². The summed E-state index contributed by atoms with van der Waals surface area (Å²) in [5.74, 6) is 0.107. The summed E-state index contributed by atoms with van der Waals surface area (Å²) in [6, 6.07) is 3.75. The zero-order valence-electron chi connectivity index (χ0n) is 12.2. The molecule has 1 aliphatic heterocycles. The molecule has 20 heavy (non-hydrogen) atoms. The lowest BCUT2D eigenvalue weighted by molar-refractivity contribution is -0.134. The van der Waals surface area contributed by atoms with Gasteiger partial charge in [-0.25, -0.2) is 0 Å². The van der Waals surface area contributed by atoms with Gasteiger partial charge in [0.15, 0.2) is 0 Å². The van der Waals surface area contributed by atoms with Crippen LogP contribution in [0.4, 0.5) is 0 Å². The summed E-state index contributed by atoms with van der Waals surface area (Å²) in [5.41, 5.74) is 7.17. The first kappa shape index (κ1) is 14.9. The maximum Gasteiger partial charge on any atom is 0.239 e. The Labute approximate surface area is 120 Å². The van der Waals surface area contributed by atoms with Gasteiger partial charge in [0.25, 0.3) is 0 Å². The lowest BCUT2D eigenvalue weighted by Crippen LogP contribution is -2.52. The van der Waals surface area contributed by atoms with E-state index < -0.39 is 0 Å². The Bertz CT molecular complexity index is 415. The molecule has 2 rings (SSSR count). The topological polar surface area (TPSA) is 62.5 Å². The molecule has 2 heterocycles. The standard InChI is InChI=1S/C15H24N4O/c1-2-3-14(16)15(20)19-10-8-18(9-11-19)12-13-4-6-17-7-5-13/h4-7,14H,2-3,8-12,16H2,1H3/t14-/m0/s1. The van der Waals surface area contributed by atoms with Gasteiger partial charge in [0.1, 0.15) is 0 Å². The highest BCUT2D eigenvalue weighted by Crippen LogP contribution is 2.09. The molecule has 1 saturated heterocycles. The van der Waals surface area contributed by atoms with E-state index in [2.05, 4.69) is 16.8 Å². The van der Waals surface area contributed by atoms with Crippen molar-refractivity contribution in [2.24, 2.45) is 5.73 Å². The lowest BCUT2D eigenvalue weighted by atomic mass is 10.1. The van der Waals surface area contributed by atoms with Gasteiger partial charge >= 0.3 is 0 Å². The van der Waals surface area contributed by atoms with Gasteiger partial charge in [-0.1, -0.05) is 13.3 Å². The minimum Gasteiger partial charge on any atom is -0.339 e. The number of rotatable bonds is 5. The Kier molecular flexibility index (Phi) is 5.49. The van der Waals surface area contributed by atoms with Gasteiger partial charge in [-0.2, -0.15) is 0 Å². The number of nitrogens with two attached hydrogens (primary N) is 1. The van der Waals surface area contributed by atoms with E-state index in [1.165, 1.54) is 5.56 Å². The fourth-order valence-corrected chi connectivity index (χ4v) is 2.54. The molecule has 5 heteroatoms. The first-order chi connectivity index (χ1) is 9.70. The second-order valence-electron chi connectivity index (χ2n) is 5.35. The van der Waals surface area contributed by atoms with Crippen molar-refractivity contribution in [3.05, 3.63) is 30.1 Å². The van der Waals surface area contributed by atoms with Crippen LogP contribution in [0.15, 0.2) is 24.5 Å². The summed E-state index contributed by atoms with van der Waals surface area (Å²) in [4.78, 5) is 20.4. The molecule has 1 aliphatic rings. The molecule has 1 fully saturated rings. The van der Waals surface area contributed by atoms with Crippen molar-refractivity contribution in [2.45, 2.75) is 32.4 Å². The van der Waals surface area contributed by atoms with E-state index >= 15 is 0 Å². The number of piperazine rings is 1. The first-order valence-electron chi connectivity index (χ1n) is 7.36. The monoisotopic (exact) mass is 276 g/mol. The maximum absolute atomic E-state index is 12.1. The highest BCUT2D eigenvalue weighted by Gasteiger charge is 2.24. The lowest BCUT2D eigenvalue weighted by Gasteiger charge is -2.35. The molecule has 1 aromatic rings. The number of carbonyl (C=O) groups is 1. The second-order valence-corrected chi connectivity index (χ2v) is 5.35. The molecule has 1 atom stereocenters. The molecule has 110 valence electrons. The van der Waals surface area contributed by atoms with Crippen molar-refractivity contribution in [2.75, 3.05) is 26.2 Å². The molecule has 0 spiro atoms. The molecule has 0 unspecified atom stereocenters. The van der Waals surface area contributed by atoms with Crippen molar-refractivity contribution in [1.82, 2.24) is 14.8 Å². The predicted octanol–water partition coefficient (Wildman–Crippen LogP) is 0.853. The summed E-state index contributed by atoms with van der Waals surface area (Å²) in [5, 5.41) is 0. The largest absolute Gasteiger partial charge is 0.339 e. The molecule has 0 saturated carbocycles. The van der Waals surface area contributed by atoms with E-state index in [-0.39, 0.29) is 11.9 Å². The molecule has 5 nitrogen and oxygen atoms in total. The molecule has 2 N–H and O–H groups in total. The van der Waals surface area contributed by atoms with E-state index in [0.29, 0.717) is 0 Å². The van der Waals surface area contributed by atoms with E-state index in [4.69, 9.17) is 5.73 Å². The van der Waals surface area contributed by atoms with Crippen LogP contribution in [-0.2, 0) is 11.3 Å². The van der Waals surface area contributed by atoms with Crippen LogP contribution in [0.5, 0.6) is 0 Å². The minimum atomic E-state index is -0.327. The van der Waals surface area contributed by atoms with Crippen LogP contribution in [-0.4, -0.2) is 52.9 Å². The van der Waals surface area contributed by atoms with E-state index in [9.17, 15) is 4.79 Å². The van der Waals surface area contributed by atoms with Crippen LogP contribution in [0.25, 0.3) is 0 Å². The summed E-state index contributed by atoms with van der Waals surface area (Å²) < 4.78 is 0.